The van der Waals surface area contributed by atoms with Gasteiger partial charge in [0, 0.05) is 0 Å². The summed E-state index contributed by atoms with van der Waals surface area (Å²) in [6, 6.07) is 0. The topological polar surface area (TPSA) is 88.0 Å². The van der Waals surface area contributed by atoms with Gasteiger partial charge in [0.25, 0.3) is 0 Å². The van der Waals surface area contributed by atoms with Crippen LogP contribution >= 0.6 is 0 Å². The molecule has 0 saturated carbocycles. The van der Waals surface area contributed by atoms with E-state index in [0.29, 0.717) is 0 Å². The second-order valence-corrected chi connectivity index (χ2v) is 8.43. The van der Waals surface area contributed by atoms with E-state index >= 15 is 0 Å². The molecular formula is C25H53N3O2. The maximum atomic E-state index is 8.78. The van der Waals surface area contributed by atoms with Crippen LogP contribution in [0.4, 0.5) is 4.79 Å². The van der Waals surface area contributed by atoms with Gasteiger partial charge in [-0.25, -0.2) is 4.79 Å². The Morgan fingerprint density at radius 3 is 0.967 bits per heavy atom. The van der Waals surface area contributed by atoms with Gasteiger partial charge in [-0.3, -0.25) is 0 Å². The second kappa shape index (κ2) is 30.1. The molecule has 0 aliphatic carbocycles. The fourth-order valence-electron chi connectivity index (χ4n) is 3.48. The zero-order chi connectivity index (χ0) is 22.5. The Hall–Kier alpha value is -1.13. The molecule has 0 fully saturated rings. The summed E-state index contributed by atoms with van der Waals surface area (Å²) >= 11 is 0. The molecular weight excluding hydrogens is 374 g/mol. The van der Waals surface area contributed by atoms with Crippen LogP contribution in [0.5, 0.6) is 0 Å². The highest BCUT2D eigenvalue weighted by Crippen LogP contribution is 2.11. The number of azo groups is 1. The lowest BCUT2D eigenvalue weighted by molar-refractivity contribution is 0.205. The molecule has 0 bridgehead atoms. The van der Waals surface area contributed by atoms with Gasteiger partial charge in [-0.1, -0.05) is 129 Å². The highest BCUT2D eigenvalue weighted by molar-refractivity contribution is 5.61. The third-order valence-corrected chi connectivity index (χ3v) is 5.32. The van der Waals surface area contributed by atoms with Crippen LogP contribution in [0, 0.1) is 0 Å². The Bertz CT molecular complexity index is 319. The van der Waals surface area contributed by atoms with Crippen molar-refractivity contribution in [1.29, 1.82) is 0 Å². The summed E-state index contributed by atoms with van der Waals surface area (Å²) in [6.07, 6.45) is 26.5. The maximum Gasteiger partial charge on any atom is 0.402 e. The number of hydrogen-bond donors (Lipinski definition) is 2. The third-order valence-electron chi connectivity index (χ3n) is 5.32. The first-order valence-corrected chi connectivity index (χ1v) is 13.0. The maximum absolute atomic E-state index is 8.78. The summed E-state index contributed by atoms with van der Waals surface area (Å²) < 4.78 is 0. The van der Waals surface area contributed by atoms with Gasteiger partial charge in [0.1, 0.15) is 0 Å². The van der Waals surface area contributed by atoms with Crippen molar-refractivity contribution in [3.8, 4) is 0 Å². The van der Waals surface area contributed by atoms with Crippen molar-refractivity contribution >= 4 is 6.09 Å². The molecule has 30 heavy (non-hydrogen) atoms. The van der Waals surface area contributed by atoms with Gasteiger partial charge >= 0.3 is 6.09 Å². The van der Waals surface area contributed by atoms with Crippen LogP contribution in [0.3, 0.4) is 0 Å². The highest BCUT2D eigenvalue weighted by Gasteiger charge is 1.93. The molecule has 5 heteroatoms. The van der Waals surface area contributed by atoms with Gasteiger partial charge in [-0.2, -0.15) is 10.2 Å². The number of amides is 1. The number of carbonyl (C=O) groups is 1. The fourth-order valence-corrected chi connectivity index (χ4v) is 3.48. The zero-order valence-corrected chi connectivity index (χ0v) is 20.4. The molecule has 0 aromatic rings. The summed E-state index contributed by atoms with van der Waals surface area (Å²) in [6.45, 7) is 6.48. The minimum Gasteiger partial charge on any atom is -0.465 e. The summed E-state index contributed by atoms with van der Waals surface area (Å²) in [5.41, 5.74) is 4.03. The lowest BCUT2D eigenvalue weighted by Gasteiger charge is -2.01. The number of primary amides is 1. The number of hydrogen-bond acceptors (Lipinski definition) is 3. The van der Waals surface area contributed by atoms with Crippen LogP contribution in [0.1, 0.15) is 142 Å². The van der Waals surface area contributed by atoms with Gasteiger partial charge in [0.15, 0.2) is 0 Å². The van der Waals surface area contributed by atoms with Gasteiger partial charge < -0.3 is 10.8 Å². The summed E-state index contributed by atoms with van der Waals surface area (Å²) in [5.74, 6) is 0. The van der Waals surface area contributed by atoms with E-state index in [1.54, 1.807) is 0 Å². The first-order chi connectivity index (χ1) is 14.6. The van der Waals surface area contributed by atoms with Crippen molar-refractivity contribution in [2.45, 2.75) is 142 Å². The normalized spacial score (nSPS) is 10.9. The molecule has 0 rings (SSSR count). The van der Waals surface area contributed by atoms with Crippen molar-refractivity contribution in [3.63, 3.8) is 0 Å². The molecule has 0 aliphatic heterocycles. The number of rotatable bonds is 22. The van der Waals surface area contributed by atoms with E-state index < -0.39 is 6.09 Å². The Morgan fingerprint density at radius 1 is 0.533 bits per heavy atom. The smallest absolute Gasteiger partial charge is 0.402 e. The fraction of sp³-hybridized carbons (Fsp3) is 0.960. The molecule has 0 spiro atoms. The average molecular weight is 428 g/mol. The van der Waals surface area contributed by atoms with Crippen molar-refractivity contribution in [2.75, 3.05) is 13.1 Å². The van der Waals surface area contributed by atoms with Crippen molar-refractivity contribution in [3.05, 3.63) is 0 Å². The standard InChI is InChI=1S/C24H50N2.CH3NO2/c1-3-5-7-9-11-13-15-17-19-21-23-25-26-24-22-20-18-16-14-12-10-8-6-4-2;2-1(3)4/h3-24H2,1-2H3;2H2,(H,3,4). The second-order valence-electron chi connectivity index (χ2n) is 8.43. The summed E-state index contributed by atoms with van der Waals surface area (Å²) in [5, 5.41) is 15.9. The third kappa shape index (κ3) is 37.6. The minimum absolute atomic E-state index is 0.953. The predicted octanol–water partition coefficient (Wildman–Crippen LogP) is 8.90. The summed E-state index contributed by atoms with van der Waals surface area (Å²) in [7, 11) is 0. The predicted molar refractivity (Wildman–Crippen MR) is 130 cm³/mol. The lowest BCUT2D eigenvalue weighted by Crippen LogP contribution is -2.03. The Balaban J connectivity index is 0. The molecule has 3 N–H and O–H groups in total. The van der Waals surface area contributed by atoms with Crippen LogP contribution in [-0.2, 0) is 0 Å². The van der Waals surface area contributed by atoms with Crippen molar-refractivity contribution in [2.24, 2.45) is 16.0 Å². The number of nitrogens with two attached hydrogens (primary N) is 1. The lowest BCUT2D eigenvalue weighted by atomic mass is 10.1. The van der Waals surface area contributed by atoms with Crippen molar-refractivity contribution in [1.82, 2.24) is 0 Å². The molecule has 180 valence electrons. The van der Waals surface area contributed by atoms with Gasteiger partial charge in [0.2, 0.25) is 0 Å². The van der Waals surface area contributed by atoms with Crippen molar-refractivity contribution < 1.29 is 9.90 Å². The van der Waals surface area contributed by atoms with E-state index in [-0.39, 0.29) is 0 Å². The van der Waals surface area contributed by atoms with E-state index in [9.17, 15) is 0 Å². The monoisotopic (exact) mass is 427 g/mol. The minimum atomic E-state index is -1.33. The Labute approximate surface area is 187 Å². The number of carboxylic acid groups (broad SMARTS) is 1. The molecule has 0 unspecified atom stereocenters. The quantitative estimate of drug-likeness (QED) is 0.133. The highest BCUT2D eigenvalue weighted by atomic mass is 16.4. The SMILES string of the molecule is CCCCCCCCCCCCN=NCCCCCCCCCCCC.NC(=O)O. The van der Waals surface area contributed by atoms with E-state index in [4.69, 9.17) is 9.90 Å². The molecule has 5 nitrogen and oxygen atoms in total. The molecule has 0 aliphatic rings. The van der Waals surface area contributed by atoms with Gasteiger partial charge in [0.05, 0.1) is 13.1 Å². The largest absolute Gasteiger partial charge is 0.465 e. The van der Waals surface area contributed by atoms with Crippen LogP contribution < -0.4 is 5.73 Å². The molecule has 0 atom stereocenters. The molecule has 0 aromatic heterocycles. The van der Waals surface area contributed by atoms with Gasteiger partial charge in [-0.15, -0.1) is 0 Å². The Kier molecular flexibility index (Phi) is 31.1. The van der Waals surface area contributed by atoms with E-state index in [2.05, 4.69) is 29.8 Å². The zero-order valence-electron chi connectivity index (χ0n) is 20.4. The van der Waals surface area contributed by atoms with Crippen LogP contribution in [0.15, 0.2) is 10.2 Å². The molecule has 0 saturated heterocycles. The van der Waals surface area contributed by atoms with Crippen LogP contribution in [-0.4, -0.2) is 24.3 Å². The molecule has 0 radical (unpaired) electrons. The molecule has 0 heterocycles. The van der Waals surface area contributed by atoms with Crippen LogP contribution in [0.2, 0.25) is 0 Å². The number of nitrogens with zero attached hydrogens (tertiary/aromatic N) is 2. The van der Waals surface area contributed by atoms with Crippen LogP contribution in [0.25, 0.3) is 0 Å². The van der Waals surface area contributed by atoms with E-state index in [1.807, 2.05) is 0 Å². The Morgan fingerprint density at radius 2 is 0.733 bits per heavy atom. The first-order valence-electron chi connectivity index (χ1n) is 13.0. The molecule has 1 amide bonds. The van der Waals surface area contributed by atoms with Gasteiger partial charge in [-0.05, 0) is 12.8 Å². The van der Waals surface area contributed by atoms with E-state index in [0.717, 1.165) is 13.1 Å². The first kappa shape index (κ1) is 31.1. The average Bonchev–Trinajstić information content (AvgIpc) is 2.71. The van der Waals surface area contributed by atoms with E-state index in [1.165, 1.54) is 128 Å². The number of unbranched alkanes of at least 4 members (excludes halogenated alkanes) is 18. The summed E-state index contributed by atoms with van der Waals surface area (Å²) in [4.78, 5) is 8.78. The molecule has 0 aromatic carbocycles.